The van der Waals surface area contributed by atoms with Gasteiger partial charge in [-0.1, -0.05) is 19.3 Å². The summed E-state index contributed by atoms with van der Waals surface area (Å²) >= 11 is 0. The molecule has 1 aliphatic heterocycles. The number of nitrogens with zero attached hydrogens (tertiary/aromatic N) is 5. The van der Waals surface area contributed by atoms with Crippen LogP contribution in [-0.4, -0.2) is 62.6 Å². The number of aromatic carboxylic acids is 1. The number of carboxylic acid groups (broad SMARTS) is 1. The van der Waals surface area contributed by atoms with Gasteiger partial charge < -0.3 is 15.3 Å². The van der Waals surface area contributed by atoms with E-state index >= 15 is 0 Å². The highest BCUT2D eigenvalue weighted by Gasteiger charge is 2.31. The lowest BCUT2D eigenvalue weighted by atomic mass is 9.93. The number of hydrogen-bond donors (Lipinski definition) is 2. The molecule has 3 aromatic rings. The molecule has 1 aliphatic carbocycles. The Morgan fingerprint density at radius 1 is 1.08 bits per heavy atom. The second-order valence-corrected chi connectivity index (χ2v) is 9.67. The van der Waals surface area contributed by atoms with Crippen molar-refractivity contribution in [1.82, 2.24) is 14.9 Å². The van der Waals surface area contributed by atoms with Crippen molar-refractivity contribution in [2.75, 3.05) is 29.9 Å². The van der Waals surface area contributed by atoms with E-state index in [9.17, 15) is 20.0 Å². The SMILES string of the molecule is CC1CN(C2CCCCC2)CCN1c1nc(Nc2ccc(C(=O)O)cc2)c2cc([N+](=O)[O-])ccc2n1. The average Bonchev–Trinajstić information content (AvgIpc) is 2.89. The Bertz CT molecular complexity index is 1280. The van der Waals surface area contributed by atoms with Crippen LogP contribution in [0.25, 0.3) is 10.9 Å². The second-order valence-electron chi connectivity index (χ2n) is 9.67. The maximum atomic E-state index is 11.4. The van der Waals surface area contributed by atoms with Crippen LogP contribution in [0.1, 0.15) is 49.4 Å². The first-order valence-electron chi connectivity index (χ1n) is 12.5. The number of anilines is 3. The summed E-state index contributed by atoms with van der Waals surface area (Å²) in [5.41, 5.74) is 1.37. The van der Waals surface area contributed by atoms with Gasteiger partial charge in [-0.2, -0.15) is 4.98 Å². The lowest BCUT2D eigenvalue weighted by molar-refractivity contribution is -0.384. The van der Waals surface area contributed by atoms with E-state index in [2.05, 4.69) is 22.0 Å². The van der Waals surface area contributed by atoms with Crippen LogP contribution in [0.3, 0.4) is 0 Å². The molecule has 0 amide bonds. The van der Waals surface area contributed by atoms with Crippen molar-refractivity contribution in [3.63, 3.8) is 0 Å². The van der Waals surface area contributed by atoms with Gasteiger partial charge in [0.25, 0.3) is 5.69 Å². The smallest absolute Gasteiger partial charge is 0.335 e. The zero-order valence-electron chi connectivity index (χ0n) is 20.3. The van der Waals surface area contributed by atoms with Crippen LogP contribution in [0.15, 0.2) is 42.5 Å². The Morgan fingerprint density at radius 3 is 2.50 bits per heavy atom. The van der Waals surface area contributed by atoms with Crippen molar-refractivity contribution in [3.05, 3.63) is 58.1 Å². The van der Waals surface area contributed by atoms with Crippen LogP contribution in [0.4, 0.5) is 23.1 Å². The summed E-state index contributed by atoms with van der Waals surface area (Å²) in [5, 5.41) is 24.4. The van der Waals surface area contributed by atoms with Crippen molar-refractivity contribution in [2.24, 2.45) is 0 Å². The Kier molecular flexibility index (Phi) is 6.69. The largest absolute Gasteiger partial charge is 0.478 e. The number of benzene rings is 2. The monoisotopic (exact) mass is 490 g/mol. The maximum absolute atomic E-state index is 11.4. The van der Waals surface area contributed by atoms with Gasteiger partial charge in [0.2, 0.25) is 5.95 Å². The van der Waals surface area contributed by atoms with E-state index < -0.39 is 10.9 Å². The normalized spacial score (nSPS) is 19.4. The summed E-state index contributed by atoms with van der Waals surface area (Å²) in [6.07, 6.45) is 6.49. The lowest BCUT2D eigenvalue weighted by Crippen LogP contribution is -2.55. The van der Waals surface area contributed by atoms with Crippen molar-refractivity contribution >= 4 is 40.0 Å². The van der Waals surface area contributed by atoms with E-state index in [4.69, 9.17) is 9.97 Å². The van der Waals surface area contributed by atoms with Crippen molar-refractivity contribution in [1.29, 1.82) is 0 Å². The molecule has 0 spiro atoms. The molecular weight excluding hydrogens is 460 g/mol. The molecule has 2 aliphatic rings. The number of carbonyl (C=O) groups is 1. The predicted molar refractivity (Wildman–Crippen MR) is 138 cm³/mol. The maximum Gasteiger partial charge on any atom is 0.335 e. The highest BCUT2D eigenvalue weighted by molar-refractivity contribution is 5.94. The fourth-order valence-corrected chi connectivity index (χ4v) is 5.34. The van der Waals surface area contributed by atoms with E-state index in [0.29, 0.717) is 34.4 Å². The molecule has 36 heavy (non-hydrogen) atoms. The van der Waals surface area contributed by atoms with Gasteiger partial charge in [0.05, 0.1) is 16.0 Å². The molecule has 2 aromatic carbocycles. The Balaban J connectivity index is 1.46. The third-order valence-electron chi connectivity index (χ3n) is 7.28. The number of aromatic nitrogens is 2. The third-order valence-corrected chi connectivity index (χ3v) is 7.28. The number of rotatable bonds is 6. The summed E-state index contributed by atoms with van der Waals surface area (Å²) in [6.45, 7) is 4.90. The zero-order valence-corrected chi connectivity index (χ0v) is 20.3. The first-order valence-corrected chi connectivity index (χ1v) is 12.5. The number of fused-ring (bicyclic) bond motifs is 1. The molecule has 0 bridgehead atoms. The van der Waals surface area contributed by atoms with E-state index in [0.717, 1.165) is 19.6 Å². The van der Waals surface area contributed by atoms with Gasteiger partial charge in [-0.25, -0.2) is 9.78 Å². The molecule has 1 atom stereocenters. The number of carboxylic acids is 1. The highest BCUT2D eigenvalue weighted by Crippen LogP contribution is 2.31. The number of nitro groups is 1. The standard InChI is InChI=1S/C26H30N6O4/c1-17-16-30(20-5-3-2-4-6-20)13-14-31(17)26-28-23-12-11-21(32(35)36)15-22(23)24(29-26)27-19-9-7-18(8-10-19)25(33)34/h7-12,15,17,20H,2-6,13-14,16H2,1H3,(H,33,34)(H,27,28,29). The van der Waals surface area contributed by atoms with Gasteiger partial charge in [-0.15, -0.1) is 0 Å². The summed E-state index contributed by atoms with van der Waals surface area (Å²) in [4.78, 5) is 36.6. The molecule has 1 unspecified atom stereocenters. The lowest BCUT2D eigenvalue weighted by Gasteiger charge is -2.44. The Labute approximate surface area is 209 Å². The van der Waals surface area contributed by atoms with E-state index in [1.807, 2.05) is 0 Å². The molecule has 10 nitrogen and oxygen atoms in total. The molecule has 10 heteroatoms. The highest BCUT2D eigenvalue weighted by atomic mass is 16.6. The zero-order chi connectivity index (χ0) is 25.2. The van der Waals surface area contributed by atoms with Gasteiger partial charge in [0, 0.05) is 54.9 Å². The Hall–Kier alpha value is -3.79. The van der Waals surface area contributed by atoms with Crippen LogP contribution in [0, 0.1) is 10.1 Å². The number of hydrogen-bond acceptors (Lipinski definition) is 8. The van der Waals surface area contributed by atoms with Gasteiger partial charge in [-0.3, -0.25) is 15.0 Å². The van der Waals surface area contributed by atoms with E-state index in [1.54, 1.807) is 18.2 Å². The molecule has 0 radical (unpaired) electrons. The van der Waals surface area contributed by atoms with Gasteiger partial charge >= 0.3 is 5.97 Å². The summed E-state index contributed by atoms with van der Waals surface area (Å²) in [5.74, 6) is 0.0220. The van der Waals surface area contributed by atoms with Crippen molar-refractivity contribution in [3.8, 4) is 0 Å². The first kappa shape index (κ1) is 23.9. The van der Waals surface area contributed by atoms with Gasteiger partial charge in [0.15, 0.2) is 0 Å². The van der Waals surface area contributed by atoms with Gasteiger partial charge in [-0.05, 0) is 50.1 Å². The van der Waals surface area contributed by atoms with E-state index in [-0.39, 0.29) is 17.3 Å². The summed E-state index contributed by atoms with van der Waals surface area (Å²) < 4.78 is 0. The minimum Gasteiger partial charge on any atom is -0.478 e. The van der Waals surface area contributed by atoms with Gasteiger partial charge in [0.1, 0.15) is 5.82 Å². The number of non-ortho nitro benzene ring substituents is 1. The van der Waals surface area contributed by atoms with Crippen molar-refractivity contribution in [2.45, 2.75) is 51.1 Å². The number of nitro benzene ring substituents is 1. The van der Waals surface area contributed by atoms with Crippen molar-refractivity contribution < 1.29 is 14.8 Å². The molecule has 2 fully saturated rings. The Morgan fingerprint density at radius 2 is 1.83 bits per heavy atom. The predicted octanol–water partition coefficient (Wildman–Crippen LogP) is 4.82. The van der Waals surface area contributed by atoms with E-state index in [1.165, 1.54) is 56.4 Å². The van der Waals surface area contributed by atoms with Crippen LogP contribution < -0.4 is 10.2 Å². The quantitative estimate of drug-likeness (QED) is 0.369. The molecule has 1 saturated carbocycles. The number of nitrogens with one attached hydrogen (secondary N) is 1. The first-order chi connectivity index (χ1) is 17.4. The molecule has 188 valence electrons. The second kappa shape index (κ2) is 10.1. The molecule has 5 rings (SSSR count). The van der Waals surface area contributed by atoms with Crippen LogP contribution in [0.2, 0.25) is 0 Å². The molecule has 1 saturated heterocycles. The van der Waals surface area contributed by atoms with Crippen LogP contribution >= 0.6 is 0 Å². The molecule has 2 heterocycles. The molecule has 2 N–H and O–H groups in total. The topological polar surface area (TPSA) is 125 Å². The fourth-order valence-electron chi connectivity index (χ4n) is 5.34. The average molecular weight is 491 g/mol. The minimum absolute atomic E-state index is 0.0439. The van der Waals surface area contributed by atoms with Crippen LogP contribution in [-0.2, 0) is 0 Å². The third kappa shape index (κ3) is 4.94. The summed E-state index contributed by atoms with van der Waals surface area (Å²) in [6, 6.07) is 11.8. The number of piperazine rings is 1. The van der Waals surface area contributed by atoms with Crippen LogP contribution in [0.5, 0.6) is 0 Å². The molecular formula is C26H30N6O4. The minimum atomic E-state index is -1.01. The molecule has 1 aromatic heterocycles. The fraction of sp³-hybridized carbons (Fsp3) is 0.423. The summed E-state index contributed by atoms with van der Waals surface area (Å²) in [7, 11) is 0.